The minimum Gasteiger partial charge on any atom is -0.394 e. The molecule has 2 N–H and O–H groups in total. The predicted octanol–water partition coefficient (Wildman–Crippen LogP) is 1.52. The molecule has 1 unspecified atom stereocenters. The van der Waals surface area contributed by atoms with Crippen LogP contribution in [0.15, 0.2) is 0 Å². The van der Waals surface area contributed by atoms with Gasteiger partial charge in [-0.25, -0.2) is 0 Å². The van der Waals surface area contributed by atoms with Crippen LogP contribution in [0.3, 0.4) is 0 Å². The van der Waals surface area contributed by atoms with Gasteiger partial charge in [0.25, 0.3) is 0 Å². The van der Waals surface area contributed by atoms with Crippen molar-refractivity contribution in [3.8, 4) is 0 Å². The van der Waals surface area contributed by atoms with Gasteiger partial charge < -0.3 is 214 Å². The van der Waals surface area contributed by atoms with Gasteiger partial charge in [-0.1, -0.05) is 0 Å². The number of aldehydes is 3. The molecule has 143 heavy (non-hydrogen) atoms. The molecule has 0 radical (unpaired) electrons. The highest BCUT2D eigenvalue weighted by atomic mass is 32.2. The summed E-state index contributed by atoms with van der Waals surface area (Å²) >= 11 is 6.15. The molecule has 0 heterocycles. The topological polar surface area (TPSA) is 461 Å². The van der Waals surface area contributed by atoms with Gasteiger partial charge in [-0.3, -0.25) is 0 Å². The SMILES string of the molecule is O=CCSCCOCCOCCOCCOCCOCCOCCOCCOCCOCCOCC(COCCOCCOCCOCCOCCOCCOCCOCCOCCOCCSCC=O)(COCCOCCOCCOCCOCCOCCOCCOCCOCCOCCSCC=O)COCCOCCOCCOCCOCCOCCOCCOCCOCCOCCSCC(O)CO. The third kappa shape index (κ3) is 128. The Labute approximate surface area is 868 Å². The normalized spacial score (nSPS) is 12.1. The van der Waals surface area contributed by atoms with Crippen LogP contribution in [0.2, 0.25) is 0 Å². The van der Waals surface area contributed by atoms with Crippen LogP contribution in [0.25, 0.3) is 0 Å². The first-order valence-corrected chi connectivity index (χ1v) is 54.8. The Kier molecular flexibility index (Phi) is 132. The standard InChI is InChI=1S/C94H184O45S4/c95-1-80-140-83-76-132-64-60-124-48-44-116-32-28-108-16-12-100-4-8-104-20-24-112-36-40-120-52-56-128-68-72-136-89-94(90-137-73-69-129-57-53-121-41-37-113-25-21-105-9-5-101-13-17-109-29-33-117-45-49-125-61-65-133-77-84-141-81-2-96,91-138-74-70-130-58-54-122-42-38-114-26-22-106-10-6-102-14-18-110-30-34-118-46-50-126-62-66-134-78-85-142-82-3-97)92-139-75-71-131-59-55-123-43-39-115-27-23-107-11-7-103-15-19-111-31-35-119-47-51-127-63-67-135-79-86-143-88-93(99)87-98/h1-3,93,98-99H,4-92H2. The van der Waals surface area contributed by atoms with Crippen molar-refractivity contribution < 1.29 is 214 Å². The Morgan fingerprint density at radius 1 is 0.154 bits per heavy atom. The summed E-state index contributed by atoms with van der Waals surface area (Å²) in [5, 5.41) is 18.2. The molecule has 0 rings (SSSR count). The minimum atomic E-state index is -0.767. The van der Waals surface area contributed by atoms with Crippen LogP contribution in [0, 0.1) is 5.41 Å². The molecule has 0 fully saturated rings. The van der Waals surface area contributed by atoms with Gasteiger partial charge >= 0.3 is 0 Å². The zero-order chi connectivity index (χ0) is 102. The summed E-state index contributed by atoms with van der Waals surface area (Å²) in [7, 11) is 0. The molecule has 1 atom stereocenters. The van der Waals surface area contributed by atoms with Gasteiger partial charge in [-0.05, 0) is 0 Å². The smallest absolute Gasteiger partial charge is 0.129 e. The van der Waals surface area contributed by atoms with Crippen molar-refractivity contribution in [1.82, 2.24) is 0 Å². The molecule has 0 saturated heterocycles. The zero-order valence-electron chi connectivity index (χ0n) is 85.8. The molecule has 0 spiro atoms. The van der Waals surface area contributed by atoms with Crippen molar-refractivity contribution in [1.29, 1.82) is 0 Å². The van der Waals surface area contributed by atoms with E-state index in [1.54, 1.807) is 35.3 Å². The number of hydrogen-bond donors (Lipinski definition) is 2. The fraction of sp³-hybridized carbons (Fsp3) is 0.968. The highest BCUT2D eigenvalue weighted by Gasteiger charge is 2.33. The summed E-state index contributed by atoms with van der Waals surface area (Å²) in [5.74, 6) is 5.06. The van der Waals surface area contributed by atoms with Crippen LogP contribution < -0.4 is 0 Å². The first kappa shape index (κ1) is 142. The summed E-state index contributed by atoms with van der Waals surface area (Å²) in [6.07, 6.45) is 1.97. The summed E-state index contributed by atoms with van der Waals surface area (Å²) < 4.78 is 227. The van der Waals surface area contributed by atoms with Crippen molar-refractivity contribution in [2.75, 3.05) is 581 Å². The van der Waals surface area contributed by atoms with Gasteiger partial charge in [0.15, 0.2) is 0 Å². The molecule has 45 nitrogen and oxygen atoms in total. The quantitative estimate of drug-likeness (QED) is 0.0644. The van der Waals surface area contributed by atoms with Gasteiger partial charge in [0.05, 0.1) is 547 Å². The minimum absolute atomic E-state index is 0.213. The number of thioether (sulfide) groups is 4. The maximum absolute atomic E-state index is 10.3. The van der Waals surface area contributed by atoms with E-state index in [2.05, 4.69) is 0 Å². The fourth-order valence-corrected chi connectivity index (χ4v) is 12.7. The van der Waals surface area contributed by atoms with Crippen LogP contribution >= 0.6 is 47.0 Å². The number of carbonyl (C=O) groups is 3. The first-order chi connectivity index (χ1) is 71.1. The number of rotatable bonds is 137. The molecular formula is C94H184O45S4. The highest BCUT2D eigenvalue weighted by Crippen LogP contribution is 2.21. The third-order valence-electron chi connectivity index (χ3n) is 17.6. The predicted molar refractivity (Wildman–Crippen MR) is 536 cm³/mol. The van der Waals surface area contributed by atoms with E-state index in [-0.39, 0.29) is 59.5 Å². The number of aliphatic hydroxyl groups excluding tert-OH is 2. The van der Waals surface area contributed by atoms with E-state index in [1.165, 1.54) is 11.8 Å². The zero-order valence-corrected chi connectivity index (χ0v) is 89.1. The van der Waals surface area contributed by atoms with Gasteiger partial charge in [0, 0.05) is 46.0 Å². The number of aliphatic hydroxyl groups is 2. The summed E-state index contributed by atoms with van der Waals surface area (Å²) in [6, 6.07) is 0. The lowest BCUT2D eigenvalue weighted by Crippen LogP contribution is -2.43. The highest BCUT2D eigenvalue weighted by molar-refractivity contribution is 8.00. The monoisotopic (exact) mass is 2160 g/mol. The summed E-state index contributed by atoms with van der Waals surface area (Å²) in [4.78, 5) is 31.0. The van der Waals surface area contributed by atoms with E-state index in [4.69, 9.17) is 195 Å². The van der Waals surface area contributed by atoms with E-state index >= 15 is 0 Å². The second-order valence-corrected chi connectivity index (χ2v) is 34.0. The molecule has 0 bridgehead atoms. The molecular weight excluding hydrogens is 1980 g/mol. The van der Waals surface area contributed by atoms with E-state index in [0.29, 0.717) is 499 Å². The molecule has 49 heteroatoms. The molecule has 0 aromatic rings. The van der Waals surface area contributed by atoms with Gasteiger partial charge in [0.2, 0.25) is 0 Å². The average molecular weight is 2160 g/mol. The first-order valence-electron chi connectivity index (χ1n) is 50.1. The largest absolute Gasteiger partial charge is 0.394 e. The number of ether oxygens (including phenoxy) is 40. The van der Waals surface area contributed by atoms with Crippen molar-refractivity contribution in [2.24, 2.45) is 5.41 Å². The lowest BCUT2D eigenvalue weighted by molar-refractivity contribution is -0.123. The van der Waals surface area contributed by atoms with E-state index in [9.17, 15) is 19.5 Å². The lowest BCUT2D eigenvalue weighted by atomic mass is 9.92. The van der Waals surface area contributed by atoms with Crippen LogP contribution in [0.5, 0.6) is 0 Å². The average Bonchev–Trinajstić information content (AvgIpc) is 0.867. The van der Waals surface area contributed by atoms with Gasteiger partial charge in [-0.15, -0.1) is 0 Å². The maximum atomic E-state index is 10.3. The van der Waals surface area contributed by atoms with Gasteiger partial charge in [-0.2, -0.15) is 47.0 Å². The van der Waals surface area contributed by atoms with Crippen LogP contribution in [-0.4, -0.2) is 616 Å². The Bertz CT molecular complexity index is 2130. The van der Waals surface area contributed by atoms with Crippen LogP contribution in [0.1, 0.15) is 0 Å². The van der Waals surface area contributed by atoms with E-state index in [0.717, 1.165) is 41.9 Å². The van der Waals surface area contributed by atoms with Crippen LogP contribution in [-0.2, 0) is 204 Å². The fourth-order valence-electron chi connectivity index (χ4n) is 10.5. The number of hydrogen-bond acceptors (Lipinski definition) is 49. The second kappa shape index (κ2) is 133. The van der Waals surface area contributed by atoms with Crippen LogP contribution in [0.4, 0.5) is 0 Å². The van der Waals surface area contributed by atoms with Crippen molar-refractivity contribution in [3.63, 3.8) is 0 Å². The Morgan fingerprint density at radius 3 is 0.357 bits per heavy atom. The van der Waals surface area contributed by atoms with Gasteiger partial charge in [0.1, 0.15) is 18.9 Å². The second-order valence-electron chi connectivity index (χ2n) is 29.4. The molecule has 0 amide bonds. The Hall–Kier alpha value is -1.27. The van der Waals surface area contributed by atoms with Crippen molar-refractivity contribution >= 4 is 65.9 Å². The number of carbonyl (C=O) groups excluding carboxylic acids is 3. The van der Waals surface area contributed by atoms with Crippen molar-refractivity contribution in [3.05, 3.63) is 0 Å². The Balaban J connectivity index is 5.05. The molecule has 854 valence electrons. The summed E-state index contributed by atoms with van der Waals surface area (Å²) in [6.45, 7) is 33.4. The van der Waals surface area contributed by atoms with E-state index < -0.39 is 11.5 Å². The maximum Gasteiger partial charge on any atom is 0.129 e. The molecule has 0 aromatic heterocycles. The molecule has 0 aliphatic carbocycles. The molecule has 0 aromatic carbocycles. The molecule has 0 saturated carbocycles. The van der Waals surface area contributed by atoms with Crippen molar-refractivity contribution in [2.45, 2.75) is 6.10 Å². The van der Waals surface area contributed by atoms with E-state index in [1.807, 2.05) is 0 Å². The lowest BCUT2D eigenvalue weighted by Gasteiger charge is -2.33. The summed E-state index contributed by atoms with van der Waals surface area (Å²) in [5.41, 5.74) is -0.767. The molecule has 0 aliphatic rings. The molecule has 0 aliphatic heterocycles. The Morgan fingerprint density at radius 2 is 0.252 bits per heavy atom. The third-order valence-corrected chi connectivity index (χ3v) is 21.1.